The SMILES string of the molecule is O=C1CCC(N2C(=O)c3cccc(NCCC(=O)N4CCN(CCOc5ccc(C(=C(CCCl)c6ccc(O)cc6)c6ccc(O)cc6)cc5)CC4)c3C2=O)C(=O)N1. The highest BCUT2D eigenvalue weighted by Crippen LogP contribution is 2.37. The number of phenolic OH excluding ortho intramolecular Hbond substituents is 2. The normalized spacial score (nSPS) is 17.5. The molecule has 7 rings (SSSR count). The Hall–Kier alpha value is -6.18. The lowest BCUT2D eigenvalue weighted by Crippen LogP contribution is -2.54. The lowest BCUT2D eigenvalue weighted by Gasteiger charge is -2.34. The van der Waals surface area contributed by atoms with Crippen LogP contribution in [0.1, 0.15) is 63.1 Å². The molecule has 58 heavy (non-hydrogen) atoms. The average Bonchev–Trinajstić information content (AvgIpc) is 3.48. The molecule has 0 saturated carbocycles. The molecule has 4 aromatic carbocycles. The van der Waals surface area contributed by atoms with Crippen molar-refractivity contribution in [3.63, 3.8) is 0 Å². The van der Waals surface area contributed by atoms with E-state index < -0.39 is 29.7 Å². The number of halogens is 1. The van der Waals surface area contributed by atoms with Crippen LogP contribution < -0.4 is 15.4 Å². The number of benzene rings is 4. The zero-order chi connectivity index (χ0) is 40.8. The Morgan fingerprint density at radius 2 is 1.43 bits per heavy atom. The summed E-state index contributed by atoms with van der Waals surface area (Å²) in [6, 6.07) is 25.8. The van der Waals surface area contributed by atoms with Gasteiger partial charge in [-0.1, -0.05) is 42.5 Å². The van der Waals surface area contributed by atoms with E-state index in [0.29, 0.717) is 57.3 Å². The number of piperidine rings is 1. The number of hydrogen-bond donors (Lipinski definition) is 4. The number of nitrogens with one attached hydrogen (secondary N) is 2. The van der Waals surface area contributed by atoms with E-state index in [-0.39, 0.29) is 54.3 Å². The molecule has 0 spiro atoms. The maximum absolute atomic E-state index is 13.4. The summed E-state index contributed by atoms with van der Waals surface area (Å²) in [6.07, 6.45) is 0.893. The number of aromatic hydroxyl groups is 2. The number of alkyl halides is 1. The van der Waals surface area contributed by atoms with E-state index in [2.05, 4.69) is 15.5 Å². The van der Waals surface area contributed by atoms with Crippen molar-refractivity contribution in [1.82, 2.24) is 20.0 Å². The highest BCUT2D eigenvalue weighted by Gasteiger charge is 2.45. The summed E-state index contributed by atoms with van der Waals surface area (Å²) in [5, 5.41) is 25.2. The van der Waals surface area contributed by atoms with Gasteiger partial charge in [0.1, 0.15) is 29.9 Å². The molecule has 4 N–H and O–H groups in total. The highest BCUT2D eigenvalue weighted by atomic mass is 35.5. The van der Waals surface area contributed by atoms with E-state index in [4.69, 9.17) is 16.3 Å². The Labute approximate surface area is 340 Å². The van der Waals surface area contributed by atoms with Crippen LogP contribution in [0, 0.1) is 0 Å². The Balaban J connectivity index is 0.891. The van der Waals surface area contributed by atoms with Crippen molar-refractivity contribution in [1.29, 1.82) is 0 Å². The van der Waals surface area contributed by atoms with Crippen LogP contribution >= 0.6 is 11.6 Å². The second-order valence-electron chi connectivity index (χ2n) is 14.3. The summed E-state index contributed by atoms with van der Waals surface area (Å²) in [4.78, 5) is 68.7. The number of imide groups is 2. The van der Waals surface area contributed by atoms with Gasteiger partial charge in [0.15, 0.2) is 0 Å². The third-order valence-corrected chi connectivity index (χ3v) is 10.9. The molecule has 1 atom stereocenters. The van der Waals surface area contributed by atoms with Crippen LogP contribution in [0.25, 0.3) is 11.1 Å². The van der Waals surface area contributed by atoms with Crippen LogP contribution in [0.15, 0.2) is 91.0 Å². The number of anilines is 1. The second-order valence-corrected chi connectivity index (χ2v) is 14.7. The number of piperazine rings is 1. The van der Waals surface area contributed by atoms with E-state index in [1.807, 2.05) is 53.4 Å². The first-order valence-electron chi connectivity index (χ1n) is 19.3. The first kappa shape index (κ1) is 40.0. The van der Waals surface area contributed by atoms with E-state index in [0.717, 1.165) is 38.5 Å². The third-order valence-electron chi connectivity index (χ3n) is 10.7. The summed E-state index contributed by atoms with van der Waals surface area (Å²) >= 11 is 6.28. The Bertz CT molecular complexity index is 2220. The van der Waals surface area contributed by atoms with Crippen molar-refractivity contribution >= 4 is 58.0 Å². The highest BCUT2D eigenvalue weighted by molar-refractivity contribution is 6.25. The van der Waals surface area contributed by atoms with Gasteiger partial charge in [-0.05, 0) is 89.2 Å². The van der Waals surface area contributed by atoms with Gasteiger partial charge in [-0.2, -0.15) is 0 Å². The Morgan fingerprint density at radius 1 is 0.793 bits per heavy atom. The molecule has 14 heteroatoms. The van der Waals surface area contributed by atoms with Crippen LogP contribution in [-0.2, 0) is 14.4 Å². The lowest BCUT2D eigenvalue weighted by molar-refractivity contribution is -0.136. The number of rotatable bonds is 14. The fraction of sp³-hybridized carbons (Fsp3) is 0.295. The molecule has 0 aromatic heterocycles. The van der Waals surface area contributed by atoms with Crippen molar-refractivity contribution < 1.29 is 38.9 Å². The van der Waals surface area contributed by atoms with Crippen LogP contribution in [0.4, 0.5) is 5.69 Å². The average molecular weight is 806 g/mol. The summed E-state index contributed by atoms with van der Waals surface area (Å²) in [6.45, 7) is 3.93. The van der Waals surface area contributed by atoms with Gasteiger partial charge in [0.05, 0.1) is 11.1 Å². The minimum Gasteiger partial charge on any atom is -0.508 e. The van der Waals surface area contributed by atoms with Crippen LogP contribution in [-0.4, -0.2) is 112 Å². The molecule has 0 radical (unpaired) electrons. The molecule has 2 fully saturated rings. The Morgan fingerprint density at radius 3 is 2.07 bits per heavy atom. The monoisotopic (exact) mass is 805 g/mol. The maximum Gasteiger partial charge on any atom is 0.264 e. The third kappa shape index (κ3) is 8.85. The number of ether oxygens (including phenoxy) is 1. The number of hydrogen-bond acceptors (Lipinski definition) is 10. The summed E-state index contributed by atoms with van der Waals surface area (Å²) < 4.78 is 6.13. The molecule has 4 aromatic rings. The summed E-state index contributed by atoms with van der Waals surface area (Å²) in [7, 11) is 0. The van der Waals surface area contributed by atoms with Crippen LogP contribution in [0.2, 0.25) is 0 Å². The lowest BCUT2D eigenvalue weighted by atomic mass is 9.88. The molecular weight excluding hydrogens is 762 g/mol. The van der Waals surface area contributed by atoms with E-state index in [1.54, 1.807) is 36.4 Å². The summed E-state index contributed by atoms with van der Waals surface area (Å²) in [5.74, 6) is -0.833. The first-order valence-corrected chi connectivity index (χ1v) is 19.8. The van der Waals surface area contributed by atoms with E-state index in [1.165, 1.54) is 6.07 Å². The molecule has 0 bridgehead atoms. The molecule has 0 aliphatic carbocycles. The van der Waals surface area contributed by atoms with Gasteiger partial charge in [0.25, 0.3) is 11.8 Å². The fourth-order valence-corrected chi connectivity index (χ4v) is 7.86. The van der Waals surface area contributed by atoms with Crippen molar-refractivity contribution in [3.8, 4) is 17.2 Å². The smallest absolute Gasteiger partial charge is 0.264 e. The quantitative estimate of drug-likeness (QED) is 0.0764. The number of fused-ring (bicyclic) bond motifs is 1. The number of carbonyl (C=O) groups is 5. The largest absolute Gasteiger partial charge is 0.508 e. The number of carbonyl (C=O) groups excluding carboxylic acids is 5. The van der Waals surface area contributed by atoms with Gasteiger partial charge in [0, 0.05) is 63.7 Å². The van der Waals surface area contributed by atoms with Crippen LogP contribution in [0.3, 0.4) is 0 Å². The molecule has 300 valence electrons. The van der Waals surface area contributed by atoms with Gasteiger partial charge >= 0.3 is 0 Å². The van der Waals surface area contributed by atoms with Gasteiger partial charge in [-0.15, -0.1) is 11.6 Å². The molecule has 3 heterocycles. The van der Waals surface area contributed by atoms with Gasteiger partial charge in [0.2, 0.25) is 17.7 Å². The van der Waals surface area contributed by atoms with Gasteiger partial charge in [-0.3, -0.25) is 39.1 Å². The Kier molecular flexibility index (Phi) is 12.4. The zero-order valence-electron chi connectivity index (χ0n) is 31.8. The standard InChI is InChI=1S/C44H44ClN5O8/c45-20-18-34(28-4-10-31(51)11-5-28)40(29-6-12-32(52)13-7-29)30-8-14-33(15-9-30)58-27-26-48-22-24-49(25-23-48)39(54)19-21-46-36-3-1-2-35-41(36)44(57)50(43(35)56)37-16-17-38(53)47-42(37)55/h1-15,37,46,51-52H,16-27H2,(H,47,53,55). The zero-order valence-corrected chi connectivity index (χ0v) is 32.5. The summed E-state index contributed by atoms with van der Waals surface area (Å²) in [5.41, 5.74) is 5.54. The molecule has 13 nitrogen and oxygen atoms in total. The first-order chi connectivity index (χ1) is 28.1. The number of nitrogens with zero attached hydrogens (tertiary/aromatic N) is 3. The molecular formula is C44H44ClN5O8. The predicted molar refractivity (Wildman–Crippen MR) is 219 cm³/mol. The van der Waals surface area contributed by atoms with Crippen molar-refractivity contribution in [2.45, 2.75) is 31.7 Å². The second kappa shape index (κ2) is 18.0. The van der Waals surface area contributed by atoms with Crippen LogP contribution in [0.5, 0.6) is 17.2 Å². The molecule has 5 amide bonds. The minimum absolute atomic E-state index is 0.0241. The molecule has 3 aliphatic heterocycles. The van der Waals surface area contributed by atoms with E-state index >= 15 is 0 Å². The number of amides is 5. The van der Waals surface area contributed by atoms with Gasteiger partial charge < -0.3 is 25.2 Å². The van der Waals surface area contributed by atoms with E-state index in [9.17, 15) is 34.2 Å². The molecule has 1 unspecified atom stereocenters. The van der Waals surface area contributed by atoms with Crippen molar-refractivity contribution in [2.24, 2.45) is 0 Å². The van der Waals surface area contributed by atoms with Crippen molar-refractivity contribution in [2.75, 3.05) is 57.1 Å². The molecule has 2 saturated heterocycles. The van der Waals surface area contributed by atoms with Gasteiger partial charge in [-0.25, -0.2) is 0 Å². The predicted octanol–water partition coefficient (Wildman–Crippen LogP) is 5.11. The maximum atomic E-state index is 13.4. The minimum atomic E-state index is -1.05. The number of phenols is 2. The number of allylic oxidation sites excluding steroid dienone is 1. The fourth-order valence-electron chi connectivity index (χ4n) is 7.67. The van der Waals surface area contributed by atoms with Crippen molar-refractivity contribution in [3.05, 3.63) is 119 Å². The molecule has 3 aliphatic rings. The topological polar surface area (TPSA) is 169 Å².